The van der Waals surface area contributed by atoms with Gasteiger partial charge in [-0.25, -0.2) is 4.99 Å². The van der Waals surface area contributed by atoms with Crippen molar-refractivity contribution in [1.82, 2.24) is 0 Å². The zero-order chi connectivity index (χ0) is 14.3. The van der Waals surface area contributed by atoms with Crippen molar-refractivity contribution in [3.05, 3.63) is 23.8 Å². The number of hydrogen-bond acceptors (Lipinski definition) is 3. The quantitative estimate of drug-likeness (QED) is 0.424. The van der Waals surface area contributed by atoms with Gasteiger partial charge in [-0.15, -0.1) is 24.0 Å². The van der Waals surface area contributed by atoms with E-state index in [2.05, 4.69) is 18.8 Å². The lowest BCUT2D eigenvalue weighted by molar-refractivity contribution is 0.273. The van der Waals surface area contributed by atoms with Gasteiger partial charge in [0.25, 0.3) is 0 Å². The molecule has 4 N–H and O–H groups in total. The summed E-state index contributed by atoms with van der Waals surface area (Å²) in [6, 6.07) is 5.70. The molecule has 5 nitrogen and oxygen atoms in total. The van der Waals surface area contributed by atoms with Crippen molar-refractivity contribution in [3.63, 3.8) is 0 Å². The van der Waals surface area contributed by atoms with Gasteiger partial charge < -0.3 is 20.9 Å². The number of hydrogen-bond donors (Lipinski definition) is 2. The normalized spacial score (nSPS) is 9.80. The first-order valence-corrected chi connectivity index (χ1v) is 6.38. The fraction of sp³-hybridized carbons (Fsp3) is 0.500. The van der Waals surface area contributed by atoms with Gasteiger partial charge in [-0.3, -0.25) is 0 Å². The highest BCUT2D eigenvalue weighted by molar-refractivity contribution is 14.0. The van der Waals surface area contributed by atoms with Crippen LogP contribution >= 0.6 is 24.0 Å². The van der Waals surface area contributed by atoms with Crippen LogP contribution in [0.2, 0.25) is 0 Å². The van der Waals surface area contributed by atoms with E-state index in [1.54, 1.807) is 7.11 Å². The molecule has 0 unspecified atom stereocenters. The highest BCUT2D eigenvalue weighted by Crippen LogP contribution is 2.28. The van der Waals surface area contributed by atoms with Crippen molar-refractivity contribution in [2.45, 2.75) is 26.8 Å². The van der Waals surface area contributed by atoms with Gasteiger partial charge in [0.15, 0.2) is 17.5 Å². The maximum Gasteiger partial charge on any atom is 0.186 e. The van der Waals surface area contributed by atoms with E-state index in [0.29, 0.717) is 24.8 Å². The summed E-state index contributed by atoms with van der Waals surface area (Å²) in [6.45, 7) is 5.45. The molecule has 0 aliphatic carbocycles. The van der Waals surface area contributed by atoms with Crippen LogP contribution in [0, 0.1) is 5.92 Å². The van der Waals surface area contributed by atoms with E-state index in [1.165, 1.54) is 0 Å². The summed E-state index contributed by atoms with van der Waals surface area (Å²) in [5.74, 6) is 2.15. The Hall–Kier alpha value is -1.18. The SMILES string of the molecule is COc1cc(CN=C(N)N)ccc1OCCC(C)C.I. The standard InChI is InChI=1S/C14H23N3O2.HI/c1-10(2)6-7-19-12-5-4-11(8-13(12)18-3)9-17-14(15)16;/h4-5,8,10H,6-7,9H2,1-3H3,(H4,15,16,17);1H. The Morgan fingerprint density at radius 3 is 2.50 bits per heavy atom. The molecule has 0 heterocycles. The molecule has 0 bridgehead atoms. The smallest absolute Gasteiger partial charge is 0.186 e. The molecule has 0 saturated carbocycles. The van der Waals surface area contributed by atoms with Crippen LogP contribution in [0.15, 0.2) is 23.2 Å². The number of nitrogens with two attached hydrogens (primary N) is 2. The number of methoxy groups -OCH3 is 1. The van der Waals surface area contributed by atoms with E-state index >= 15 is 0 Å². The van der Waals surface area contributed by atoms with E-state index in [0.717, 1.165) is 17.7 Å². The van der Waals surface area contributed by atoms with Crippen molar-refractivity contribution in [2.24, 2.45) is 22.4 Å². The molecule has 1 aromatic rings. The number of nitrogens with zero attached hydrogens (tertiary/aromatic N) is 1. The Kier molecular flexibility index (Phi) is 9.11. The van der Waals surface area contributed by atoms with Gasteiger partial charge in [-0.2, -0.15) is 0 Å². The molecule has 1 rings (SSSR count). The predicted octanol–water partition coefficient (Wildman–Crippen LogP) is 2.51. The molecule has 114 valence electrons. The largest absolute Gasteiger partial charge is 0.493 e. The third-order valence-electron chi connectivity index (χ3n) is 2.63. The molecule has 6 heteroatoms. The predicted molar refractivity (Wildman–Crippen MR) is 92.9 cm³/mol. The molecular weight excluding hydrogens is 369 g/mol. The summed E-state index contributed by atoms with van der Waals surface area (Å²) in [7, 11) is 1.62. The monoisotopic (exact) mass is 393 g/mol. The number of ether oxygens (including phenoxy) is 2. The summed E-state index contributed by atoms with van der Waals surface area (Å²) in [5.41, 5.74) is 11.6. The van der Waals surface area contributed by atoms with Gasteiger partial charge in [0.2, 0.25) is 0 Å². The van der Waals surface area contributed by atoms with Crippen LogP contribution < -0.4 is 20.9 Å². The fourth-order valence-corrected chi connectivity index (χ4v) is 1.52. The lowest BCUT2D eigenvalue weighted by atomic mass is 10.1. The molecule has 0 atom stereocenters. The van der Waals surface area contributed by atoms with Crippen molar-refractivity contribution in [3.8, 4) is 11.5 Å². The molecule has 0 aliphatic rings. The van der Waals surface area contributed by atoms with Crippen LogP contribution in [-0.4, -0.2) is 19.7 Å². The second kappa shape index (κ2) is 9.68. The summed E-state index contributed by atoms with van der Waals surface area (Å²) in [4.78, 5) is 3.96. The number of rotatable bonds is 7. The second-order valence-electron chi connectivity index (χ2n) is 4.76. The maximum atomic E-state index is 5.71. The Labute approximate surface area is 137 Å². The first-order valence-electron chi connectivity index (χ1n) is 6.38. The summed E-state index contributed by atoms with van der Waals surface area (Å²) >= 11 is 0. The lowest BCUT2D eigenvalue weighted by Crippen LogP contribution is -2.22. The zero-order valence-corrected chi connectivity index (χ0v) is 14.6. The van der Waals surface area contributed by atoms with Crippen LogP contribution in [-0.2, 0) is 6.54 Å². The third-order valence-corrected chi connectivity index (χ3v) is 2.63. The fourth-order valence-electron chi connectivity index (χ4n) is 1.52. The van der Waals surface area contributed by atoms with Gasteiger partial charge in [-0.1, -0.05) is 19.9 Å². The zero-order valence-electron chi connectivity index (χ0n) is 12.3. The highest BCUT2D eigenvalue weighted by Gasteiger charge is 2.06. The molecule has 1 aromatic carbocycles. The molecule has 0 spiro atoms. The van der Waals surface area contributed by atoms with E-state index in [-0.39, 0.29) is 29.9 Å². The van der Waals surface area contributed by atoms with Gasteiger partial charge in [0, 0.05) is 0 Å². The van der Waals surface area contributed by atoms with E-state index in [4.69, 9.17) is 20.9 Å². The first kappa shape index (κ1) is 18.8. The Morgan fingerprint density at radius 2 is 1.95 bits per heavy atom. The molecule has 0 aliphatic heterocycles. The number of benzene rings is 1. The number of guanidine groups is 1. The summed E-state index contributed by atoms with van der Waals surface area (Å²) in [6.07, 6.45) is 1.01. The first-order chi connectivity index (χ1) is 9.02. The van der Waals surface area contributed by atoms with Crippen LogP contribution in [0.1, 0.15) is 25.8 Å². The Morgan fingerprint density at radius 1 is 1.25 bits per heavy atom. The molecule has 0 radical (unpaired) electrons. The van der Waals surface area contributed by atoms with Gasteiger partial charge >= 0.3 is 0 Å². The molecule has 0 amide bonds. The molecular formula is C14H24IN3O2. The molecule has 0 saturated heterocycles. The summed E-state index contributed by atoms with van der Waals surface area (Å²) < 4.78 is 11.0. The maximum absolute atomic E-state index is 5.71. The van der Waals surface area contributed by atoms with Crippen LogP contribution in [0.3, 0.4) is 0 Å². The van der Waals surface area contributed by atoms with E-state index in [1.807, 2.05) is 18.2 Å². The van der Waals surface area contributed by atoms with Gasteiger partial charge in [-0.05, 0) is 30.0 Å². The van der Waals surface area contributed by atoms with Crippen LogP contribution in [0.5, 0.6) is 11.5 Å². The number of halogens is 1. The minimum Gasteiger partial charge on any atom is -0.493 e. The third kappa shape index (κ3) is 6.83. The summed E-state index contributed by atoms with van der Waals surface area (Å²) in [5, 5.41) is 0. The Balaban J connectivity index is 0.00000361. The van der Waals surface area contributed by atoms with Crippen molar-refractivity contribution in [2.75, 3.05) is 13.7 Å². The lowest BCUT2D eigenvalue weighted by Gasteiger charge is -2.12. The average molecular weight is 393 g/mol. The minimum atomic E-state index is 0. The van der Waals surface area contributed by atoms with Crippen molar-refractivity contribution in [1.29, 1.82) is 0 Å². The molecule has 0 aromatic heterocycles. The van der Waals surface area contributed by atoms with Gasteiger partial charge in [0.05, 0.1) is 20.3 Å². The topological polar surface area (TPSA) is 82.9 Å². The van der Waals surface area contributed by atoms with E-state index in [9.17, 15) is 0 Å². The molecule has 0 fully saturated rings. The van der Waals surface area contributed by atoms with Crippen molar-refractivity contribution < 1.29 is 9.47 Å². The van der Waals surface area contributed by atoms with Crippen molar-refractivity contribution >= 4 is 29.9 Å². The molecule has 20 heavy (non-hydrogen) atoms. The van der Waals surface area contributed by atoms with E-state index < -0.39 is 0 Å². The van der Waals surface area contributed by atoms with Gasteiger partial charge in [0.1, 0.15) is 0 Å². The number of aliphatic imine (C=N–C) groups is 1. The van der Waals surface area contributed by atoms with Crippen LogP contribution in [0.25, 0.3) is 0 Å². The second-order valence-corrected chi connectivity index (χ2v) is 4.76. The minimum absolute atomic E-state index is 0. The average Bonchev–Trinajstić information content (AvgIpc) is 2.36. The highest BCUT2D eigenvalue weighted by atomic mass is 127. The Bertz CT molecular complexity index is 432. The van der Waals surface area contributed by atoms with Crippen LogP contribution in [0.4, 0.5) is 0 Å².